The quantitative estimate of drug-likeness (QED) is 0.926. The highest BCUT2D eigenvalue weighted by Crippen LogP contribution is 2.18. The monoisotopic (exact) mass is 299 g/mol. The second kappa shape index (κ2) is 6.26. The Hall–Kier alpha value is -1.56. The SMILES string of the molecule is CCCS(=O)(=O)c1cccc(NC(=O)OC(C)(C)C)c1. The van der Waals surface area contributed by atoms with Crippen LogP contribution in [0.5, 0.6) is 0 Å². The molecule has 1 N–H and O–H groups in total. The summed E-state index contributed by atoms with van der Waals surface area (Å²) >= 11 is 0. The molecule has 1 aromatic carbocycles. The third-order valence-corrected chi connectivity index (χ3v) is 4.23. The highest BCUT2D eigenvalue weighted by atomic mass is 32.2. The van der Waals surface area contributed by atoms with Crippen LogP contribution >= 0.6 is 0 Å². The molecule has 0 saturated carbocycles. The number of sulfone groups is 1. The van der Waals surface area contributed by atoms with E-state index in [-0.39, 0.29) is 10.6 Å². The lowest BCUT2D eigenvalue weighted by Crippen LogP contribution is -2.27. The van der Waals surface area contributed by atoms with Gasteiger partial charge in [0.2, 0.25) is 0 Å². The molecular formula is C14H21NO4S. The number of anilines is 1. The molecule has 0 unspecified atom stereocenters. The molecule has 1 rings (SSSR count). The Kier molecular flexibility index (Phi) is 5.16. The van der Waals surface area contributed by atoms with E-state index in [4.69, 9.17) is 4.74 Å². The summed E-state index contributed by atoms with van der Waals surface area (Å²) in [6, 6.07) is 6.17. The zero-order valence-electron chi connectivity index (χ0n) is 12.3. The van der Waals surface area contributed by atoms with Crippen molar-refractivity contribution in [3.63, 3.8) is 0 Å². The van der Waals surface area contributed by atoms with E-state index >= 15 is 0 Å². The number of nitrogens with one attached hydrogen (secondary N) is 1. The third-order valence-electron chi connectivity index (χ3n) is 2.31. The first kappa shape index (κ1) is 16.5. The molecule has 0 aromatic heterocycles. The predicted octanol–water partition coefficient (Wildman–Crippen LogP) is 3.22. The number of rotatable bonds is 4. The van der Waals surface area contributed by atoms with Gasteiger partial charge in [-0.3, -0.25) is 5.32 Å². The van der Waals surface area contributed by atoms with Crippen LogP contribution in [-0.4, -0.2) is 25.9 Å². The summed E-state index contributed by atoms with van der Waals surface area (Å²) < 4.78 is 29.0. The molecule has 6 heteroatoms. The van der Waals surface area contributed by atoms with Gasteiger partial charge in [0.05, 0.1) is 10.6 Å². The standard InChI is InChI=1S/C14H21NO4S/c1-5-9-20(17,18)12-8-6-7-11(10-12)15-13(16)19-14(2,3)4/h6-8,10H,5,9H2,1-4H3,(H,15,16). The van der Waals surface area contributed by atoms with Gasteiger partial charge in [-0.1, -0.05) is 13.0 Å². The minimum Gasteiger partial charge on any atom is -0.444 e. The average Bonchev–Trinajstić information content (AvgIpc) is 2.26. The molecule has 0 heterocycles. The van der Waals surface area contributed by atoms with Crippen LogP contribution in [-0.2, 0) is 14.6 Å². The minimum absolute atomic E-state index is 0.0862. The van der Waals surface area contributed by atoms with Crippen molar-refractivity contribution in [1.82, 2.24) is 0 Å². The molecule has 20 heavy (non-hydrogen) atoms. The molecule has 0 aliphatic carbocycles. The maximum atomic E-state index is 12.0. The van der Waals surface area contributed by atoms with Crippen LogP contribution in [0, 0.1) is 0 Å². The van der Waals surface area contributed by atoms with Gasteiger partial charge in [0.1, 0.15) is 5.60 Å². The van der Waals surface area contributed by atoms with E-state index in [9.17, 15) is 13.2 Å². The van der Waals surface area contributed by atoms with Gasteiger partial charge in [0.25, 0.3) is 0 Å². The summed E-state index contributed by atoms with van der Waals surface area (Å²) in [5.41, 5.74) is -0.202. The Bertz CT molecular complexity index is 573. The Balaban J connectivity index is 2.87. The first-order valence-electron chi connectivity index (χ1n) is 6.47. The maximum Gasteiger partial charge on any atom is 0.412 e. The van der Waals surface area contributed by atoms with Gasteiger partial charge in [-0.25, -0.2) is 13.2 Å². The lowest BCUT2D eigenvalue weighted by molar-refractivity contribution is 0.0636. The van der Waals surface area contributed by atoms with E-state index in [1.165, 1.54) is 12.1 Å². The van der Waals surface area contributed by atoms with Crippen LogP contribution in [0.15, 0.2) is 29.2 Å². The summed E-state index contributed by atoms with van der Waals surface area (Å²) in [5.74, 6) is 0.0862. The molecule has 0 saturated heterocycles. The fraction of sp³-hybridized carbons (Fsp3) is 0.500. The molecule has 0 atom stereocenters. The highest BCUT2D eigenvalue weighted by molar-refractivity contribution is 7.91. The summed E-state index contributed by atoms with van der Waals surface area (Å²) in [6.45, 7) is 7.08. The lowest BCUT2D eigenvalue weighted by atomic mass is 10.2. The fourth-order valence-electron chi connectivity index (χ4n) is 1.58. The summed E-state index contributed by atoms with van der Waals surface area (Å²) in [7, 11) is -3.30. The molecule has 5 nitrogen and oxygen atoms in total. The van der Waals surface area contributed by atoms with Crippen LogP contribution in [0.2, 0.25) is 0 Å². The zero-order valence-corrected chi connectivity index (χ0v) is 13.1. The van der Waals surface area contributed by atoms with Gasteiger partial charge in [-0.05, 0) is 45.4 Å². The maximum absolute atomic E-state index is 12.0. The second-order valence-corrected chi connectivity index (χ2v) is 7.58. The van der Waals surface area contributed by atoms with Gasteiger partial charge in [-0.2, -0.15) is 0 Å². The number of hydrogen-bond donors (Lipinski definition) is 1. The van der Waals surface area contributed by atoms with E-state index in [0.29, 0.717) is 12.1 Å². The molecule has 0 bridgehead atoms. The van der Waals surface area contributed by atoms with Gasteiger partial charge >= 0.3 is 6.09 Å². The number of hydrogen-bond acceptors (Lipinski definition) is 4. The topological polar surface area (TPSA) is 72.5 Å². The fourth-order valence-corrected chi connectivity index (χ4v) is 2.94. The number of carbonyl (C=O) groups excluding carboxylic acids is 1. The van der Waals surface area contributed by atoms with Crippen molar-refractivity contribution in [3.8, 4) is 0 Å². The van der Waals surface area contributed by atoms with Crippen LogP contribution in [0.4, 0.5) is 10.5 Å². The zero-order chi connectivity index (χ0) is 15.4. The highest BCUT2D eigenvalue weighted by Gasteiger charge is 2.17. The number of benzene rings is 1. The van der Waals surface area contributed by atoms with E-state index in [0.717, 1.165) is 0 Å². The van der Waals surface area contributed by atoms with Gasteiger partial charge < -0.3 is 4.74 Å². The van der Waals surface area contributed by atoms with Gasteiger partial charge in [-0.15, -0.1) is 0 Å². The molecule has 112 valence electrons. The van der Waals surface area contributed by atoms with Crippen molar-refractivity contribution >= 4 is 21.6 Å². The molecule has 0 aliphatic heterocycles. The van der Waals surface area contributed by atoms with E-state index in [1.807, 2.05) is 0 Å². The van der Waals surface area contributed by atoms with E-state index in [1.54, 1.807) is 39.8 Å². The van der Waals surface area contributed by atoms with Crippen LogP contribution in [0.1, 0.15) is 34.1 Å². The number of ether oxygens (including phenoxy) is 1. The predicted molar refractivity (Wildman–Crippen MR) is 78.6 cm³/mol. The van der Waals surface area contributed by atoms with Crippen molar-refractivity contribution in [2.45, 2.75) is 44.6 Å². The molecule has 1 aromatic rings. The van der Waals surface area contributed by atoms with E-state index < -0.39 is 21.5 Å². The Morgan fingerprint density at radius 1 is 1.30 bits per heavy atom. The lowest BCUT2D eigenvalue weighted by Gasteiger charge is -2.19. The van der Waals surface area contributed by atoms with Crippen molar-refractivity contribution < 1.29 is 17.9 Å². The first-order valence-corrected chi connectivity index (χ1v) is 8.12. The first-order chi connectivity index (χ1) is 9.14. The molecule has 0 fully saturated rings. The Morgan fingerprint density at radius 3 is 2.50 bits per heavy atom. The number of carbonyl (C=O) groups is 1. The van der Waals surface area contributed by atoms with Crippen molar-refractivity contribution in [2.75, 3.05) is 11.1 Å². The van der Waals surface area contributed by atoms with Crippen molar-refractivity contribution in [1.29, 1.82) is 0 Å². The summed E-state index contributed by atoms with van der Waals surface area (Å²) in [5, 5.41) is 2.53. The Morgan fingerprint density at radius 2 is 1.95 bits per heavy atom. The summed E-state index contributed by atoms with van der Waals surface area (Å²) in [4.78, 5) is 11.8. The van der Waals surface area contributed by atoms with Crippen LogP contribution in [0.3, 0.4) is 0 Å². The second-order valence-electron chi connectivity index (χ2n) is 5.47. The van der Waals surface area contributed by atoms with Crippen LogP contribution in [0.25, 0.3) is 0 Å². The molecule has 0 radical (unpaired) electrons. The van der Waals surface area contributed by atoms with Crippen molar-refractivity contribution in [3.05, 3.63) is 24.3 Å². The largest absolute Gasteiger partial charge is 0.444 e. The normalized spacial score (nSPS) is 12.0. The molecule has 1 amide bonds. The van der Waals surface area contributed by atoms with Crippen molar-refractivity contribution in [2.24, 2.45) is 0 Å². The average molecular weight is 299 g/mol. The summed E-state index contributed by atoms with van der Waals surface area (Å²) in [6.07, 6.45) is -0.0611. The van der Waals surface area contributed by atoms with Gasteiger partial charge in [0.15, 0.2) is 9.84 Å². The third kappa shape index (κ3) is 5.21. The number of amides is 1. The molecule has 0 aliphatic rings. The minimum atomic E-state index is -3.30. The van der Waals surface area contributed by atoms with E-state index in [2.05, 4.69) is 5.32 Å². The van der Waals surface area contributed by atoms with Gasteiger partial charge in [0, 0.05) is 5.69 Å². The Labute approximate surface area is 120 Å². The molecule has 0 spiro atoms. The molecular weight excluding hydrogens is 278 g/mol. The van der Waals surface area contributed by atoms with Crippen LogP contribution < -0.4 is 5.32 Å². The smallest absolute Gasteiger partial charge is 0.412 e.